The molecule has 5 nitrogen and oxygen atoms in total. The van der Waals surface area contributed by atoms with Crippen molar-refractivity contribution < 1.29 is 19.0 Å². The summed E-state index contributed by atoms with van der Waals surface area (Å²) in [4.78, 5) is 13.0. The smallest absolute Gasteiger partial charge is 0.258 e. The molecule has 0 saturated carbocycles. The number of benzene rings is 1. The van der Waals surface area contributed by atoms with Crippen molar-refractivity contribution in [1.82, 2.24) is 5.32 Å². The number of amides is 1. The maximum atomic E-state index is 11.9. The molecule has 1 atom stereocenters. The van der Waals surface area contributed by atoms with Gasteiger partial charge in [-0.05, 0) is 30.5 Å². The van der Waals surface area contributed by atoms with E-state index in [1.165, 1.54) is 0 Å². The van der Waals surface area contributed by atoms with Crippen molar-refractivity contribution in [3.63, 3.8) is 0 Å². The fourth-order valence-electron chi connectivity index (χ4n) is 2.01. The monoisotopic (exact) mass is 305 g/mol. The fraction of sp³-hybridized carbons (Fsp3) is 0.267. The summed E-state index contributed by atoms with van der Waals surface area (Å²) in [6.07, 6.45) is 0. The highest BCUT2D eigenvalue weighted by atomic mass is 32.1. The van der Waals surface area contributed by atoms with Crippen LogP contribution in [0.5, 0.6) is 17.2 Å². The van der Waals surface area contributed by atoms with Gasteiger partial charge < -0.3 is 19.5 Å². The lowest BCUT2D eigenvalue weighted by Gasteiger charge is -2.13. The molecule has 110 valence electrons. The summed E-state index contributed by atoms with van der Waals surface area (Å²) in [5, 5.41) is 4.88. The van der Waals surface area contributed by atoms with E-state index >= 15 is 0 Å². The zero-order valence-corrected chi connectivity index (χ0v) is 12.3. The second kappa shape index (κ2) is 6.05. The van der Waals surface area contributed by atoms with E-state index in [4.69, 9.17) is 14.2 Å². The Hall–Kier alpha value is -2.21. The zero-order chi connectivity index (χ0) is 14.7. The van der Waals surface area contributed by atoms with E-state index in [1.54, 1.807) is 29.5 Å². The maximum Gasteiger partial charge on any atom is 0.258 e. The van der Waals surface area contributed by atoms with E-state index in [-0.39, 0.29) is 25.3 Å². The minimum atomic E-state index is -0.159. The second-order valence-electron chi connectivity index (χ2n) is 4.61. The standard InChI is InChI=1S/C15H15NO4S/c1-10(14-3-2-6-21-14)16-15(17)8-18-11-4-5-12-13(7-11)20-9-19-12/h2-7,10H,8-9H2,1H3,(H,16,17). The van der Waals surface area contributed by atoms with Gasteiger partial charge in [-0.2, -0.15) is 0 Å². The maximum absolute atomic E-state index is 11.9. The molecule has 0 bridgehead atoms. The first kappa shape index (κ1) is 13.8. The number of nitrogens with one attached hydrogen (secondary N) is 1. The van der Waals surface area contributed by atoms with Crippen molar-refractivity contribution in [2.75, 3.05) is 13.4 Å². The molecule has 0 aliphatic carbocycles. The Balaban J connectivity index is 1.52. The van der Waals surface area contributed by atoms with E-state index in [0.29, 0.717) is 17.2 Å². The average molecular weight is 305 g/mol. The van der Waals surface area contributed by atoms with Gasteiger partial charge in [0.05, 0.1) is 6.04 Å². The van der Waals surface area contributed by atoms with Gasteiger partial charge in [0.25, 0.3) is 5.91 Å². The van der Waals surface area contributed by atoms with Gasteiger partial charge in [0.15, 0.2) is 18.1 Å². The van der Waals surface area contributed by atoms with Crippen LogP contribution in [0, 0.1) is 0 Å². The molecule has 0 radical (unpaired) electrons. The number of thiophene rings is 1. The first-order chi connectivity index (χ1) is 10.2. The largest absolute Gasteiger partial charge is 0.484 e. The van der Waals surface area contributed by atoms with Crippen LogP contribution >= 0.6 is 11.3 Å². The summed E-state index contributed by atoms with van der Waals surface area (Å²) in [6, 6.07) is 9.18. The normalized spacial score (nSPS) is 13.8. The summed E-state index contributed by atoms with van der Waals surface area (Å²) in [7, 11) is 0. The number of fused-ring (bicyclic) bond motifs is 1. The molecule has 1 aliphatic heterocycles. The fourth-order valence-corrected chi connectivity index (χ4v) is 2.74. The molecule has 1 aromatic carbocycles. The van der Waals surface area contributed by atoms with E-state index in [0.717, 1.165) is 4.88 Å². The summed E-state index contributed by atoms with van der Waals surface area (Å²) < 4.78 is 15.9. The van der Waals surface area contributed by atoms with Gasteiger partial charge in [0.2, 0.25) is 6.79 Å². The van der Waals surface area contributed by atoms with Gasteiger partial charge in [0.1, 0.15) is 5.75 Å². The Kier molecular flexibility index (Phi) is 3.96. The Morgan fingerprint density at radius 3 is 3.05 bits per heavy atom. The molecule has 0 fully saturated rings. The predicted molar refractivity (Wildman–Crippen MR) is 78.9 cm³/mol. The van der Waals surface area contributed by atoms with Crippen LogP contribution in [0.25, 0.3) is 0 Å². The first-order valence-electron chi connectivity index (χ1n) is 6.57. The Morgan fingerprint density at radius 1 is 1.38 bits per heavy atom. The van der Waals surface area contributed by atoms with Crippen molar-refractivity contribution in [3.8, 4) is 17.2 Å². The average Bonchev–Trinajstić information content (AvgIpc) is 3.15. The molecule has 2 heterocycles. The van der Waals surface area contributed by atoms with Crippen molar-refractivity contribution in [2.45, 2.75) is 13.0 Å². The van der Waals surface area contributed by atoms with Crippen LogP contribution in [0.3, 0.4) is 0 Å². The Morgan fingerprint density at radius 2 is 2.24 bits per heavy atom. The number of carbonyl (C=O) groups is 1. The van der Waals surface area contributed by atoms with Gasteiger partial charge >= 0.3 is 0 Å². The highest BCUT2D eigenvalue weighted by Crippen LogP contribution is 2.35. The molecular formula is C15H15NO4S. The van der Waals surface area contributed by atoms with Gasteiger partial charge in [-0.1, -0.05) is 6.07 Å². The van der Waals surface area contributed by atoms with E-state index in [2.05, 4.69) is 5.32 Å². The number of hydrogen-bond acceptors (Lipinski definition) is 5. The third-order valence-electron chi connectivity index (χ3n) is 3.06. The van der Waals surface area contributed by atoms with Gasteiger partial charge in [-0.3, -0.25) is 4.79 Å². The van der Waals surface area contributed by atoms with Crippen LogP contribution in [0.15, 0.2) is 35.7 Å². The highest BCUT2D eigenvalue weighted by Gasteiger charge is 2.15. The molecule has 6 heteroatoms. The van der Waals surface area contributed by atoms with Gasteiger partial charge in [0, 0.05) is 10.9 Å². The van der Waals surface area contributed by atoms with Crippen LogP contribution in [-0.4, -0.2) is 19.3 Å². The summed E-state index contributed by atoms with van der Waals surface area (Å²) in [5.41, 5.74) is 0. The molecule has 21 heavy (non-hydrogen) atoms. The lowest BCUT2D eigenvalue weighted by molar-refractivity contribution is -0.123. The van der Waals surface area contributed by atoms with Gasteiger partial charge in [-0.25, -0.2) is 0 Å². The number of carbonyl (C=O) groups excluding carboxylic acids is 1. The quantitative estimate of drug-likeness (QED) is 0.923. The molecular weight excluding hydrogens is 290 g/mol. The minimum Gasteiger partial charge on any atom is -0.484 e. The SMILES string of the molecule is CC(NC(=O)COc1ccc2c(c1)OCO2)c1cccs1. The van der Waals surface area contributed by atoms with E-state index in [1.807, 2.05) is 24.4 Å². The van der Waals surface area contributed by atoms with E-state index in [9.17, 15) is 4.79 Å². The minimum absolute atomic E-state index is 0.0159. The topological polar surface area (TPSA) is 56.8 Å². The number of hydrogen-bond donors (Lipinski definition) is 1. The molecule has 1 unspecified atom stereocenters. The molecule has 0 spiro atoms. The number of rotatable bonds is 5. The lowest BCUT2D eigenvalue weighted by atomic mass is 10.3. The predicted octanol–water partition coefficient (Wildman–Crippen LogP) is 2.73. The summed E-state index contributed by atoms with van der Waals surface area (Å²) in [5.74, 6) is 1.75. The van der Waals surface area contributed by atoms with Crippen molar-refractivity contribution >= 4 is 17.2 Å². The molecule has 1 aromatic heterocycles. The second-order valence-corrected chi connectivity index (χ2v) is 5.59. The summed E-state index contributed by atoms with van der Waals surface area (Å²) in [6.45, 7) is 2.14. The lowest BCUT2D eigenvalue weighted by Crippen LogP contribution is -2.30. The third kappa shape index (κ3) is 3.28. The molecule has 1 amide bonds. The molecule has 1 aliphatic rings. The Bertz CT molecular complexity index is 627. The van der Waals surface area contributed by atoms with Crippen LogP contribution in [0.1, 0.15) is 17.8 Å². The van der Waals surface area contributed by atoms with Gasteiger partial charge in [-0.15, -0.1) is 11.3 Å². The van der Waals surface area contributed by atoms with Crippen molar-refractivity contribution in [1.29, 1.82) is 0 Å². The highest BCUT2D eigenvalue weighted by molar-refractivity contribution is 7.10. The molecule has 0 saturated heterocycles. The molecule has 3 rings (SSSR count). The first-order valence-corrected chi connectivity index (χ1v) is 7.45. The van der Waals surface area contributed by atoms with Crippen molar-refractivity contribution in [2.24, 2.45) is 0 Å². The number of ether oxygens (including phenoxy) is 3. The van der Waals surface area contributed by atoms with E-state index < -0.39 is 0 Å². The van der Waals surface area contributed by atoms with Crippen LogP contribution in [0.4, 0.5) is 0 Å². The summed E-state index contributed by atoms with van der Waals surface area (Å²) >= 11 is 1.61. The van der Waals surface area contributed by atoms with Crippen LogP contribution in [0.2, 0.25) is 0 Å². The van der Waals surface area contributed by atoms with Crippen LogP contribution in [-0.2, 0) is 4.79 Å². The van der Waals surface area contributed by atoms with Crippen LogP contribution < -0.4 is 19.5 Å². The molecule has 1 N–H and O–H groups in total. The third-order valence-corrected chi connectivity index (χ3v) is 4.12. The Labute approximate surface area is 126 Å². The van der Waals surface area contributed by atoms with Crippen molar-refractivity contribution in [3.05, 3.63) is 40.6 Å². The molecule has 2 aromatic rings. The zero-order valence-electron chi connectivity index (χ0n) is 11.5.